The number of thioether (sulfide) groups is 1. The average molecular weight is 304 g/mol. The molecule has 0 aliphatic heterocycles. The van der Waals surface area contributed by atoms with Crippen LogP contribution in [0.15, 0.2) is 34.2 Å². The molecular formula is C16H20N2O2S. The molecule has 1 aromatic carbocycles. The van der Waals surface area contributed by atoms with E-state index in [2.05, 4.69) is 9.97 Å². The molecule has 1 aromatic heterocycles. The number of aromatic nitrogens is 2. The van der Waals surface area contributed by atoms with Gasteiger partial charge in [0.25, 0.3) is 5.56 Å². The Morgan fingerprint density at radius 2 is 2.05 bits per heavy atom. The fourth-order valence-corrected chi connectivity index (χ4v) is 2.63. The van der Waals surface area contributed by atoms with Crippen molar-refractivity contribution in [3.05, 3.63) is 51.4 Å². The smallest absolute Gasteiger partial charge is 0.255 e. The first kappa shape index (κ1) is 15.6. The molecule has 2 rings (SSSR count). The van der Waals surface area contributed by atoms with Crippen LogP contribution in [0.4, 0.5) is 0 Å². The van der Waals surface area contributed by atoms with Crippen molar-refractivity contribution in [1.29, 1.82) is 0 Å². The topological polar surface area (TPSA) is 55.0 Å². The highest BCUT2D eigenvalue weighted by atomic mass is 32.2. The maximum Gasteiger partial charge on any atom is 0.255 e. The second-order valence-electron chi connectivity index (χ2n) is 4.57. The molecule has 1 N–H and O–H groups in total. The molecule has 112 valence electrons. The van der Waals surface area contributed by atoms with Gasteiger partial charge in [-0.1, -0.05) is 36.9 Å². The summed E-state index contributed by atoms with van der Waals surface area (Å²) in [6.07, 6.45) is 3.18. The molecule has 0 radical (unpaired) electrons. The third-order valence-electron chi connectivity index (χ3n) is 3.25. The van der Waals surface area contributed by atoms with Crippen LogP contribution in [0.3, 0.4) is 0 Å². The fraction of sp³-hybridized carbons (Fsp3) is 0.375. The molecule has 0 bridgehead atoms. The Hall–Kier alpha value is -1.75. The summed E-state index contributed by atoms with van der Waals surface area (Å²) < 4.78 is 5.63. The van der Waals surface area contributed by atoms with Crippen molar-refractivity contribution in [3.63, 3.8) is 0 Å². The zero-order valence-electron chi connectivity index (χ0n) is 12.6. The molecule has 0 aliphatic rings. The summed E-state index contributed by atoms with van der Waals surface area (Å²) in [6.45, 7) is 4.58. The molecule has 0 spiro atoms. The maximum atomic E-state index is 12.3. The Kier molecular flexibility index (Phi) is 5.44. The van der Waals surface area contributed by atoms with Gasteiger partial charge in [0.2, 0.25) is 0 Å². The molecule has 0 amide bonds. The number of ether oxygens (including phenoxy) is 1. The van der Waals surface area contributed by atoms with E-state index in [0.29, 0.717) is 18.2 Å². The average Bonchev–Trinajstić information content (AvgIpc) is 2.51. The SMILES string of the molecule is CCOc1ccccc1Cc1c(CC)nc(SC)[nH]c1=O. The van der Waals surface area contributed by atoms with Crippen LogP contribution in [0, 0.1) is 0 Å². The lowest BCUT2D eigenvalue weighted by molar-refractivity contribution is 0.337. The number of nitrogens with one attached hydrogen (secondary N) is 1. The van der Waals surface area contributed by atoms with E-state index < -0.39 is 0 Å². The Balaban J connectivity index is 2.42. The van der Waals surface area contributed by atoms with Crippen molar-refractivity contribution in [2.24, 2.45) is 0 Å². The van der Waals surface area contributed by atoms with E-state index >= 15 is 0 Å². The molecule has 4 nitrogen and oxygen atoms in total. The van der Waals surface area contributed by atoms with Crippen LogP contribution >= 0.6 is 11.8 Å². The molecular weight excluding hydrogens is 284 g/mol. The van der Waals surface area contributed by atoms with Gasteiger partial charge in [-0.05, 0) is 31.2 Å². The first-order valence-corrected chi connectivity index (χ1v) is 8.28. The molecule has 0 fully saturated rings. The standard InChI is InChI=1S/C16H20N2O2S/c1-4-13-12(15(19)18-16(17-13)21-3)10-11-8-6-7-9-14(11)20-5-2/h6-9H,4-5,10H2,1-3H3,(H,17,18,19). The summed E-state index contributed by atoms with van der Waals surface area (Å²) in [7, 11) is 0. The van der Waals surface area contributed by atoms with Crippen LogP contribution in [0.25, 0.3) is 0 Å². The summed E-state index contributed by atoms with van der Waals surface area (Å²) in [4.78, 5) is 19.6. The van der Waals surface area contributed by atoms with Gasteiger partial charge >= 0.3 is 0 Å². The van der Waals surface area contributed by atoms with Crippen LogP contribution in [0.5, 0.6) is 5.75 Å². The third kappa shape index (κ3) is 3.67. The van der Waals surface area contributed by atoms with Gasteiger partial charge in [-0.15, -0.1) is 0 Å². The lowest BCUT2D eigenvalue weighted by Crippen LogP contribution is -2.19. The van der Waals surface area contributed by atoms with Crippen LogP contribution in [-0.2, 0) is 12.8 Å². The minimum absolute atomic E-state index is 0.0579. The quantitative estimate of drug-likeness (QED) is 0.658. The minimum atomic E-state index is -0.0579. The van der Waals surface area contributed by atoms with E-state index in [9.17, 15) is 4.79 Å². The molecule has 21 heavy (non-hydrogen) atoms. The monoisotopic (exact) mass is 304 g/mol. The summed E-state index contributed by atoms with van der Waals surface area (Å²) in [5.74, 6) is 0.829. The molecule has 1 heterocycles. The minimum Gasteiger partial charge on any atom is -0.494 e. The van der Waals surface area contributed by atoms with E-state index in [1.54, 1.807) is 0 Å². The molecule has 0 aliphatic carbocycles. The largest absolute Gasteiger partial charge is 0.494 e. The highest BCUT2D eigenvalue weighted by Gasteiger charge is 2.13. The van der Waals surface area contributed by atoms with E-state index in [4.69, 9.17) is 4.74 Å². The predicted molar refractivity (Wildman–Crippen MR) is 86.4 cm³/mol. The number of aryl methyl sites for hydroxylation is 1. The number of hydrogen-bond donors (Lipinski definition) is 1. The van der Waals surface area contributed by atoms with E-state index in [1.165, 1.54) is 11.8 Å². The Morgan fingerprint density at radius 1 is 1.29 bits per heavy atom. The van der Waals surface area contributed by atoms with Crippen LogP contribution < -0.4 is 10.3 Å². The van der Waals surface area contributed by atoms with Gasteiger partial charge in [0.1, 0.15) is 5.75 Å². The number of hydrogen-bond acceptors (Lipinski definition) is 4. The number of nitrogens with zero attached hydrogens (tertiary/aromatic N) is 1. The lowest BCUT2D eigenvalue weighted by atomic mass is 10.0. The number of H-pyrrole nitrogens is 1. The van der Waals surface area contributed by atoms with Crippen molar-refractivity contribution < 1.29 is 4.74 Å². The first-order chi connectivity index (χ1) is 10.2. The zero-order valence-corrected chi connectivity index (χ0v) is 13.4. The van der Waals surface area contributed by atoms with Crippen molar-refractivity contribution >= 4 is 11.8 Å². The molecule has 2 aromatic rings. The Labute approximate surface area is 129 Å². The molecule has 5 heteroatoms. The summed E-state index contributed by atoms with van der Waals surface area (Å²) in [5, 5.41) is 0.665. The molecule has 0 saturated heterocycles. The number of rotatable bonds is 6. The maximum absolute atomic E-state index is 12.3. The predicted octanol–water partition coefficient (Wildman–Crippen LogP) is 3.04. The number of para-hydroxylation sites is 1. The lowest BCUT2D eigenvalue weighted by Gasteiger charge is -2.12. The van der Waals surface area contributed by atoms with Gasteiger partial charge in [0, 0.05) is 12.0 Å². The summed E-state index contributed by atoms with van der Waals surface area (Å²) in [5.41, 5.74) is 2.53. The van der Waals surface area contributed by atoms with E-state index in [-0.39, 0.29) is 5.56 Å². The van der Waals surface area contributed by atoms with Crippen molar-refractivity contribution in [2.75, 3.05) is 12.9 Å². The van der Waals surface area contributed by atoms with Crippen LogP contribution in [-0.4, -0.2) is 22.8 Å². The van der Waals surface area contributed by atoms with Crippen LogP contribution in [0.2, 0.25) is 0 Å². The Morgan fingerprint density at radius 3 is 2.71 bits per heavy atom. The van der Waals surface area contributed by atoms with Crippen molar-refractivity contribution in [2.45, 2.75) is 31.8 Å². The van der Waals surface area contributed by atoms with E-state index in [0.717, 1.165) is 29.0 Å². The summed E-state index contributed by atoms with van der Waals surface area (Å²) in [6, 6.07) is 7.82. The Bertz CT molecular complexity index is 668. The number of aromatic amines is 1. The van der Waals surface area contributed by atoms with Gasteiger partial charge in [0.05, 0.1) is 12.3 Å². The molecule has 0 atom stereocenters. The summed E-state index contributed by atoms with van der Waals surface area (Å²) >= 11 is 1.45. The normalized spacial score (nSPS) is 10.6. The van der Waals surface area contributed by atoms with Gasteiger partial charge in [-0.25, -0.2) is 4.98 Å². The fourth-order valence-electron chi connectivity index (χ4n) is 2.23. The second kappa shape index (κ2) is 7.31. The van der Waals surface area contributed by atoms with Crippen LogP contribution in [0.1, 0.15) is 30.7 Å². The highest BCUT2D eigenvalue weighted by molar-refractivity contribution is 7.98. The number of benzene rings is 1. The van der Waals surface area contributed by atoms with Gasteiger partial charge in [-0.3, -0.25) is 4.79 Å². The van der Waals surface area contributed by atoms with Crippen molar-refractivity contribution in [1.82, 2.24) is 9.97 Å². The van der Waals surface area contributed by atoms with E-state index in [1.807, 2.05) is 44.4 Å². The van der Waals surface area contributed by atoms with Gasteiger partial charge in [-0.2, -0.15) is 0 Å². The highest BCUT2D eigenvalue weighted by Crippen LogP contribution is 2.22. The third-order valence-corrected chi connectivity index (χ3v) is 3.83. The first-order valence-electron chi connectivity index (χ1n) is 7.06. The zero-order chi connectivity index (χ0) is 15.2. The molecule has 0 unspecified atom stereocenters. The second-order valence-corrected chi connectivity index (χ2v) is 5.37. The van der Waals surface area contributed by atoms with Crippen molar-refractivity contribution in [3.8, 4) is 5.75 Å². The van der Waals surface area contributed by atoms with Gasteiger partial charge in [0.15, 0.2) is 5.16 Å². The van der Waals surface area contributed by atoms with Gasteiger partial charge < -0.3 is 9.72 Å². The molecule has 0 saturated carbocycles.